The van der Waals surface area contributed by atoms with E-state index in [1.165, 1.54) is 12.1 Å². The minimum atomic E-state index is -0.757. The van der Waals surface area contributed by atoms with Crippen molar-refractivity contribution in [1.82, 2.24) is 45.3 Å². The number of aromatic amines is 1. The molecule has 6 aliphatic rings. The summed E-state index contributed by atoms with van der Waals surface area (Å²) in [7, 11) is 0. The van der Waals surface area contributed by atoms with Crippen LogP contribution in [0.2, 0.25) is 0 Å². The third-order valence-corrected chi connectivity index (χ3v) is 16.6. The van der Waals surface area contributed by atoms with Crippen LogP contribution < -0.4 is 16.2 Å². The van der Waals surface area contributed by atoms with Gasteiger partial charge in [-0.25, -0.2) is 13.9 Å². The molecule has 4 saturated heterocycles. The van der Waals surface area contributed by atoms with E-state index in [1.807, 2.05) is 21.9 Å². The van der Waals surface area contributed by atoms with E-state index in [1.54, 1.807) is 46.2 Å². The van der Waals surface area contributed by atoms with Crippen LogP contribution in [-0.2, 0) is 25.5 Å². The number of aromatic nitrogens is 2. The molecule has 2 atom stereocenters. The third-order valence-electron chi connectivity index (χ3n) is 16.6. The van der Waals surface area contributed by atoms with Gasteiger partial charge in [-0.2, -0.15) is 5.10 Å². The molecule has 400 valence electrons. The van der Waals surface area contributed by atoms with Crippen LogP contribution in [-0.4, -0.2) is 167 Å². The van der Waals surface area contributed by atoms with Gasteiger partial charge in [0, 0.05) is 89.2 Å². The number of rotatable bonds is 15. The summed E-state index contributed by atoms with van der Waals surface area (Å²) < 4.78 is 37.2. The molecule has 6 fully saturated rings. The lowest BCUT2D eigenvalue weighted by molar-refractivity contribution is -0.140. The minimum Gasteiger partial charge on any atom is -0.375 e. The lowest BCUT2D eigenvalue weighted by atomic mass is 9.83. The number of H-pyrrole nitrogens is 1. The number of nitrogens with one attached hydrogen (secondary N) is 3. The SMILES string of the molecule is O=C(N[C@@H](C(=O)N1CCC(OC2CCN(CC(=O)N3CCN(C(=O)c4cc(Cc5n[nH]c(=O)c6ccccc56)ccc4F)CC3)CC2)CC1)C1CCCCC1)c1cc(C2CCCN(C(=O)CNC3CC3)C2)ccc1F. The van der Waals surface area contributed by atoms with Crippen molar-refractivity contribution in [3.05, 3.63) is 111 Å². The molecule has 4 aliphatic heterocycles. The zero-order valence-corrected chi connectivity index (χ0v) is 42.9. The summed E-state index contributed by atoms with van der Waals surface area (Å²) >= 11 is 0. The molecule has 0 spiro atoms. The number of hydrogen-bond donors (Lipinski definition) is 3. The number of likely N-dealkylation sites (tertiary alicyclic amines) is 3. The van der Waals surface area contributed by atoms with Crippen LogP contribution in [0.15, 0.2) is 65.5 Å². The number of halogens is 2. The minimum absolute atomic E-state index is 0.00842. The first kappa shape index (κ1) is 52.3. The second kappa shape index (κ2) is 23.8. The number of carbonyl (C=O) groups is 5. The Hall–Kier alpha value is -6.11. The van der Waals surface area contributed by atoms with E-state index in [2.05, 4.69) is 25.7 Å². The smallest absolute Gasteiger partial charge is 0.272 e. The highest BCUT2D eigenvalue weighted by atomic mass is 19.1. The van der Waals surface area contributed by atoms with Gasteiger partial charge in [0.1, 0.15) is 17.7 Å². The molecule has 0 radical (unpaired) electrons. The summed E-state index contributed by atoms with van der Waals surface area (Å²) in [6, 6.07) is 16.0. The maximum absolute atomic E-state index is 15.5. The Bertz CT molecular complexity index is 2780. The largest absolute Gasteiger partial charge is 0.375 e. The van der Waals surface area contributed by atoms with Crippen molar-refractivity contribution >= 4 is 40.3 Å². The standard InChI is InChI=1S/C57H71F2N9O7/c58-48-17-13-39(40-9-6-22-68(35-40)51(69)34-60-41-14-15-41)33-46(48)54(71)61-53(38-7-2-1-3-8-38)57(74)66-25-20-43(21-26-66)75-42-18-23-64(24-19-42)36-52(70)65-27-29-67(30-28-65)56(73)47-31-37(12-16-49(47)59)32-50-44-10-4-5-11-45(44)55(72)63-62-50/h4-5,10-13,16-17,31,33,38,40-43,53,60H,1-3,6-9,14-15,18-30,32,34-36H2,(H,61,71)(H,63,72)/t40?,53-/m1/s1. The number of fused-ring (bicyclic) bond motifs is 1. The van der Waals surface area contributed by atoms with Gasteiger partial charge in [0.15, 0.2) is 0 Å². The van der Waals surface area contributed by atoms with Crippen molar-refractivity contribution in [2.75, 3.05) is 78.5 Å². The summed E-state index contributed by atoms with van der Waals surface area (Å²) in [5.41, 5.74) is 1.72. The van der Waals surface area contributed by atoms with E-state index in [0.29, 0.717) is 106 Å². The van der Waals surface area contributed by atoms with E-state index in [9.17, 15) is 28.8 Å². The van der Waals surface area contributed by atoms with E-state index < -0.39 is 29.5 Å². The highest BCUT2D eigenvalue weighted by molar-refractivity contribution is 5.98. The van der Waals surface area contributed by atoms with E-state index in [0.717, 1.165) is 76.2 Å². The van der Waals surface area contributed by atoms with Gasteiger partial charge in [-0.15, -0.1) is 0 Å². The topological polar surface area (TPSA) is 181 Å². The number of ether oxygens (including phenoxy) is 1. The Morgan fingerprint density at radius 3 is 2.08 bits per heavy atom. The summed E-state index contributed by atoms with van der Waals surface area (Å²) in [6.45, 7) is 5.48. The van der Waals surface area contributed by atoms with Crippen LogP contribution in [0.1, 0.15) is 127 Å². The molecular weight excluding hydrogens is 961 g/mol. The highest BCUT2D eigenvalue weighted by Crippen LogP contribution is 2.32. The van der Waals surface area contributed by atoms with Crippen LogP contribution in [0.4, 0.5) is 8.78 Å². The van der Waals surface area contributed by atoms with E-state index in [4.69, 9.17) is 4.74 Å². The van der Waals surface area contributed by atoms with Crippen molar-refractivity contribution in [2.24, 2.45) is 5.92 Å². The Balaban J connectivity index is 0.661. The summed E-state index contributed by atoms with van der Waals surface area (Å²) in [4.78, 5) is 89.9. The number of piperidine rings is 3. The Morgan fingerprint density at radius 1 is 0.667 bits per heavy atom. The van der Waals surface area contributed by atoms with Gasteiger partial charge in [-0.3, -0.25) is 33.7 Å². The van der Waals surface area contributed by atoms with Gasteiger partial charge in [-0.05, 0) is 112 Å². The van der Waals surface area contributed by atoms with Crippen molar-refractivity contribution in [3.8, 4) is 0 Å². The first-order chi connectivity index (χ1) is 36.4. The van der Waals surface area contributed by atoms with Crippen LogP contribution >= 0.6 is 0 Å². The molecule has 10 rings (SSSR count). The average molecular weight is 1030 g/mol. The number of benzene rings is 3. The summed E-state index contributed by atoms with van der Waals surface area (Å²) in [5.74, 6) is -2.37. The Kier molecular flexibility index (Phi) is 16.6. The molecule has 1 unspecified atom stereocenters. The predicted octanol–water partition coefficient (Wildman–Crippen LogP) is 5.39. The maximum Gasteiger partial charge on any atom is 0.272 e. The zero-order chi connectivity index (χ0) is 52.0. The molecule has 5 heterocycles. The average Bonchev–Trinajstić information content (AvgIpc) is 4.29. The molecule has 1 aromatic heterocycles. The molecule has 3 N–H and O–H groups in total. The van der Waals surface area contributed by atoms with Crippen LogP contribution in [0.3, 0.4) is 0 Å². The fourth-order valence-corrected chi connectivity index (χ4v) is 12.0. The van der Waals surface area contributed by atoms with E-state index >= 15 is 8.78 Å². The molecule has 2 saturated carbocycles. The molecule has 3 aromatic carbocycles. The van der Waals surface area contributed by atoms with Gasteiger partial charge in [0.05, 0.1) is 47.5 Å². The van der Waals surface area contributed by atoms with Gasteiger partial charge in [0.2, 0.25) is 17.7 Å². The predicted molar refractivity (Wildman–Crippen MR) is 278 cm³/mol. The lowest BCUT2D eigenvalue weighted by Crippen LogP contribution is -2.55. The third kappa shape index (κ3) is 12.8. The second-order valence-corrected chi connectivity index (χ2v) is 21.8. The van der Waals surface area contributed by atoms with Crippen LogP contribution in [0.5, 0.6) is 0 Å². The van der Waals surface area contributed by atoms with Crippen molar-refractivity contribution in [2.45, 2.75) is 120 Å². The fraction of sp³-hybridized carbons (Fsp3) is 0.561. The zero-order valence-electron chi connectivity index (χ0n) is 42.9. The lowest BCUT2D eigenvalue weighted by Gasteiger charge is -2.40. The summed E-state index contributed by atoms with van der Waals surface area (Å²) in [6.07, 6.45) is 11.8. The molecule has 18 heteroatoms. The quantitative estimate of drug-likeness (QED) is 0.140. The maximum atomic E-state index is 15.5. The monoisotopic (exact) mass is 1030 g/mol. The first-order valence-electron chi connectivity index (χ1n) is 27.5. The van der Waals surface area contributed by atoms with Gasteiger partial charge in [0.25, 0.3) is 17.4 Å². The second-order valence-electron chi connectivity index (χ2n) is 21.8. The number of piperazine rings is 1. The molecule has 0 bridgehead atoms. The fourth-order valence-electron chi connectivity index (χ4n) is 12.0. The van der Waals surface area contributed by atoms with Crippen LogP contribution in [0, 0.1) is 17.6 Å². The Morgan fingerprint density at radius 2 is 1.35 bits per heavy atom. The number of amides is 5. The van der Waals surface area contributed by atoms with E-state index in [-0.39, 0.29) is 78.1 Å². The molecular formula is C57H71F2N9O7. The molecule has 2 aliphatic carbocycles. The molecule has 5 amide bonds. The number of nitrogens with zero attached hydrogens (tertiary/aromatic N) is 6. The summed E-state index contributed by atoms with van der Waals surface area (Å²) in [5, 5.41) is 14.3. The number of carbonyl (C=O) groups excluding carboxylic acids is 5. The van der Waals surface area contributed by atoms with Gasteiger partial charge in [-0.1, -0.05) is 49.6 Å². The molecule has 75 heavy (non-hydrogen) atoms. The normalized spacial score (nSPS) is 21.1. The number of hydrogen-bond acceptors (Lipinski definition) is 10. The Labute approximate surface area is 436 Å². The van der Waals surface area contributed by atoms with Crippen LogP contribution in [0.25, 0.3) is 10.8 Å². The van der Waals surface area contributed by atoms with Gasteiger partial charge < -0.3 is 35.0 Å². The van der Waals surface area contributed by atoms with Crippen molar-refractivity contribution in [3.63, 3.8) is 0 Å². The van der Waals surface area contributed by atoms with Gasteiger partial charge >= 0.3 is 0 Å². The molecule has 16 nitrogen and oxygen atoms in total. The van der Waals surface area contributed by atoms with Crippen molar-refractivity contribution < 1.29 is 37.5 Å². The first-order valence-corrected chi connectivity index (χ1v) is 27.5. The highest BCUT2D eigenvalue weighted by Gasteiger charge is 2.38. The molecule has 4 aromatic rings. The van der Waals surface area contributed by atoms with Crippen molar-refractivity contribution in [1.29, 1.82) is 0 Å².